The molecule has 0 aliphatic carbocycles. The number of hydrogen-bond acceptors (Lipinski definition) is 2. The van der Waals surface area contributed by atoms with E-state index in [0.717, 1.165) is 11.1 Å². The lowest BCUT2D eigenvalue weighted by atomic mass is 9.97. The molecule has 3 heteroatoms. The van der Waals surface area contributed by atoms with Crippen LogP contribution in [0.25, 0.3) is 0 Å². The van der Waals surface area contributed by atoms with Crippen molar-refractivity contribution in [3.8, 4) is 0 Å². The average Bonchev–Trinajstić information content (AvgIpc) is 2.38. The molecule has 0 aliphatic heterocycles. The molecule has 2 atom stereocenters. The summed E-state index contributed by atoms with van der Waals surface area (Å²) in [6.07, 6.45) is -0.754. The molecule has 2 aromatic carbocycles. The molecule has 0 spiro atoms. The Morgan fingerprint density at radius 3 is 2.24 bits per heavy atom. The van der Waals surface area contributed by atoms with E-state index in [1.165, 1.54) is 0 Å². The smallest absolute Gasteiger partial charge is 0.0983 e. The third-order valence-corrected chi connectivity index (χ3v) is 2.95. The number of halogens is 1. The highest BCUT2D eigenvalue weighted by molar-refractivity contribution is 6.30. The van der Waals surface area contributed by atoms with Crippen molar-refractivity contribution in [2.24, 2.45) is 5.73 Å². The lowest BCUT2D eigenvalue weighted by Crippen LogP contribution is -2.19. The molecule has 88 valence electrons. The maximum Gasteiger partial charge on any atom is 0.0983 e. The Bertz CT molecular complexity index is 487. The molecular weight excluding hydrogens is 234 g/mol. The summed E-state index contributed by atoms with van der Waals surface area (Å²) >= 11 is 5.89. The van der Waals surface area contributed by atoms with Gasteiger partial charge in [-0.1, -0.05) is 54.1 Å². The van der Waals surface area contributed by atoms with E-state index < -0.39 is 12.1 Å². The SMILES string of the molecule is NC(c1ccccc1)C(O)c1cccc(Cl)c1. The van der Waals surface area contributed by atoms with Crippen LogP contribution in [0.4, 0.5) is 0 Å². The Morgan fingerprint density at radius 1 is 0.941 bits per heavy atom. The first-order valence-corrected chi connectivity index (χ1v) is 5.80. The summed E-state index contributed by atoms with van der Waals surface area (Å²) < 4.78 is 0. The first-order valence-electron chi connectivity index (χ1n) is 5.42. The Morgan fingerprint density at radius 2 is 1.59 bits per heavy atom. The molecule has 0 fully saturated rings. The Hall–Kier alpha value is -1.35. The van der Waals surface area contributed by atoms with Crippen LogP contribution in [0, 0.1) is 0 Å². The molecule has 2 unspecified atom stereocenters. The van der Waals surface area contributed by atoms with Gasteiger partial charge in [-0.2, -0.15) is 0 Å². The normalized spacial score (nSPS) is 14.3. The summed E-state index contributed by atoms with van der Waals surface area (Å²) in [4.78, 5) is 0. The quantitative estimate of drug-likeness (QED) is 0.876. The zero-order valence-corrected chi connectivity index (χ0v) is 10.0. The zero-order chi connectivity index (χ0) is 12.3. The topological polar surface area (TPSA) is 46.2 Å². The molecule has 0 aliphatic rings. The van der Waals surface area contributed by atoms with Crippen LogP contribution in [0.2, 0.25) is 5.02 Å². The van der Waals surface area contributed by atoms with Gasteiger partial charge in [-0.15, -0.1) is 0 Å². The molecule has 0 heterocycles. The van der Waals surface area contributed by atoms with Gasteiger partial charge in [0, 0.05) is 5.02 Å². The van der Waals surface area contributed by atoms with E-state index in [4.69, 9.17) is 17.3 Å². The molecular formula is C14H14ClNO. The van der Waals surface area contributed by atoms with Gasteiger partial charge in [0.25, 0.3) is 0 Å². The van der Waals surface area contributed by atoms with Gasteiger partial charge in [-0.05, 0) is 23.3 Å². The Kier molecular flexibility index (Phi) is 3.79. The van der Waals surface area contributed by atoms with Crippen molar-refractivity contribution >= 4 is 11.6 Å². The molecule has 2 rings (SSSR count). The van der Waals surface area contributed by atoms with Crippen molar-refractivity contribution in [2.75, 3.05) is 0 Å². The molecule has 0 saturated heterocycles. The molecule has 17 heavy (non-hydrogen) atoms. The van der Waals surface area contributed by atoms with E-state index in [-0.39, 0.29) is 0 Å². The van der Waals surface area contributed by atoms with Gasteiger partial charge >= 0.3 is 0 Å². The highest BCUT2D eigenvalue weighted by atomic mass is 35.5. The number of aliphatic hydroxyl groups excluding tert-OH is 1. The lowest BCUT2D eigenvalue weighted by molar-refractivity contribution is 0.147. The van der Waals surface area contributed by atoms with Crippen molar-refractivity contribution in [2.45, 2.75) is 12.1 Å². The third kappa shape index (κ3) is 2.86. The Balaban J connectivity index is 2.23. The fraction of sp³-hybridized carbons (Fsp3) is 0.143. The van der Waals surface area contributed by atoms with Gasteiger partial charge in [0.2, 0.25) is 0 Å². The van der Waals surface area contributed by atoms with E-state index in [9.17, 15) is 5.11 Å². The maximum absolute atomic E-state index is 10.2. The fourth-order valence-corrected chi connectivity index (χ4v) is 1.95. The fourth-order valence-electron chi connectivity index (χ4n) is 1.76. The van der Waals surface area contributed by atoms with Crippen LogP contribution < -0.4 is 5.73 Å². The minimum Gasteiger partial charge on any atom is -0.386 e. The summed E-state index contributed by atoms with van der Waals surface area (Å²) in [5.74, 6) is 0. The standard InChI is InChI=1S/C14H14ClNO/c15-12-8-4-7-11(9-12)14(17)13(16)10-5-2-1-3-6-10/h1-9,13-14,17H,16H2. The second kappa shape index (κ2) is 5.32. The average molecular weight is 248 g/mol. The second-order valence-electron chi connectivity index (χ2n) is 3.94. The zero-order valence-electron chi connectivity index (χ0n) is 9.25. The molecule has 0 amide bonds. The first kappa shape index (κ1) is 12.1. The van der Waals surface area contributed by atoms with Crippen LogP contribution in [0.15, 0.2) is 54.6 Å². The predicted octanol–water partition coefficient (Wildman–Crippen LogP) is 3.07. The minimum atomic E-state index is -0.754. The second-order valence-corrected chi connectivity index (χ2v) is 4.37. The van der Waals surface area contributed by atoms with Gasteiger partial charge in [-0.25, -0.2) is 0 Å². The van der Waals surface area contributed by atoms with Gasteiger partial charge < -0.3 is 10.8 Å². The van der Waals surface area contributed by atoms with Crippen molar-refractivity contribution < 1.29 is 5.11 Å². The number of nitrogens with two attached hydrogens (primary N) is 1. The summed E-state index contributed by atoms with van der Waals surface area (Å²) in [6, 6.07) is 16.2. The van der Waals surface area contributed by atoms with Gasteiger partial charge in [-0.3, -0.25) is 0 Å². The summed E-state index contributed by atoms with van der Waals surface area (Å²) in [5, 5.41) is 10.8. The van der Waals surface area contributed by atoms with E-state index >= 15 is 0 Å². The number of hydrogen-bond donors (Lipinski definition) is 2. The first-order chi connectivity index (χ1) is 8.18. The molecule has 2 aromatic rings. The van der Waals surface area contributed by atoms with Gasteiger partial charge in [0.15, 0.2) is 0 Å². The highest BCUT2D eigenvalue weighted by Crippen LogP contribution is 2.27. The molecule has 2 nitrogen and oxygen atoms in total. The minimum absolute atomic E-state index is 0.449. The van der Waals surface area contributed by atoms with E-state index in [1.54, 1.807) is 18.2 Å². The molecule has 3 N–H and O–H groups in total. The van der Waals surface area contributed by atoms with Crippen molar-refractivity contribution in [3.05, 3.63) is 70.7 Å². The monoisotopic (exact) mass is 247 g/mol. The third-order valence-electron chi connectivity index (χ3n) is 2.71. The lowest BCUT2D eigenvalue weighted by Gasteiger charge is -2.19. The van der Waals surface area contributed by atoms with Crippen LogP contribution in [0.3, 0.4) is 0 Å². The highest BCUT2D eigenvalue weighted by Gasteiger charge is 2.18. The number of aliphatic hydroxyl groups is 1. The van der Waals surface area contributed by atoms with Crippen LogP contribution in [-0.4, -0.2) is 5.11 Å². The van der Waals surface area contributed by atoms with Crippen LogP contribution >= 0.6 is 11.6 Å². The van der Waals surface area contributed by atoms with E-state index in [0.29, 0.717) is 5.02 Å². The van der Waals surface area contributed by atoms with Crippen molar-refractivity contribution in [1.82, 2.24) is 0 Å². The summed E-state index contributed by atoms with van der Waals surface area (Å²) in [7, 11) is 0. The number of benzene rings is 2. The largest absolute Gasteiger partial charge is 0.386 e. The van der Waals surface area contributed by atoms with E-state index in [2.05, 4.69) is 0 Å². The van der Waals surface area contributed by atoms with Crippen molar-refractivity contribution in [1.29, 1.82) is 0 Å². The van der Waals surface area contributed by atoms with Gasteiger partial charge in [0.05, 0.1) is 12.1 Å². The molecule has 0 saturated carbocycles. The molecule has 0 radical (unpaired) electrons. The van der Waals surface area contributed by atoms with Crippen LogP contribution in [0.1, 0.15) is 23.3 Å². The number of rotatable bonds is 3. The predicted molar refractivity (Wildman–Crippen MR) is 69.8 cm³/mol. The summed E-state index contributed by atoms with van der Waals surface area (Å²) in [5.41, 5.74) is 7.66. The Labute approximate surface area is 106 Å². The van der Waals surface area contributed by atoms with Crippen LogP contribution in [0.5, 0.6) is 0 Å². The summed E-state index contributed by atoms with van der Waals surface area (Å²) in [6.45, 7) is 0. The maximum atomic E-state index is 10.2. The van der Waals surface area contributed by atoms with E-state index in [1.807, 2.05) is 36.4 Å². The molecule has 0 aromatic heterocycles. The molecule has 0 bridgehead atoms. The van der Waals surface area contributed by atoms with Crippen molar-refractivity contribution in [3.63, 3.8) is 0 Å². The van der Waals surface area contributed by atoms with Crippen LogP contribution in [-0.2, 0) is 0 Å². The van der Waals surface area contributed by atoms with Gasteiger partial charge in [0.1, 0.15) is 0 Å².